The van der Waals surface area contributed by atoms with Gasteiger partial charge in [-0.3, -0.25) is 15.1 Å². The summed E-state index contributed by atoms with van der Waals surface area (Å²) >= 11 is 0. The number of hydrogen-bond acceptors (Lipinski definition) is 4. The molecule has 1 fully saturated rings. The van der Waals surface area contributed by atoms with Gasteiger partial charge in [-0.1, -0.05) is 24.3 Å². The molecule has 0 amide bonds. The molecule has 0 saturated carbocycles. The number of halogens is 1. The minimum absolute atomic E-state index is 0. The second-order valence-corrected chi connectivity index (χ2v) is 6.53. The first-order valence-corrected chi connectivity index (χ1v) is 8.93. The lowest BCUT2D eigenvalue weighted by Gasteiger charge is -2.22. The van der Waals surface area contributed by atoms with E-state index in [1.165, 1.54) is 17.7 Å². The number of likely N-dealkylation sites (tertiary alicyclic amines) is 1. The van der Waals surface area contributed by atoms with E-state index < -0.39 is 0 Å². The Bertz CT molecular complexity index is 809. The Hall–Kier alpha value is -2.36. The maximum atomic E-state index is 10.7. The molecule has 3 rings (SSSR count). The molecule has 1 aliphatic heterocycles. The number of hydrogen-bond donors (Lipinski definition) is 1. The van der Waals surface area contributed by atoms with Gasteiger partial charge in [0.2, 0.25) is 0 Å². The SMILES string of the molecule is CN=C(NCc1ccc([N+](=O)[O-])cc1)N1CCC(c2ccc(OC)cc2)C1.I. The Morgan fingerprint density at radius 1 is 1.25 bits per heavy atom. The second-order valence-electron chi connectivity index (χ2n) is 6.53. The number of methoxy groups -OCH3 is 1. The summed E-state index contributed by atoms with van der Waals surface area (Å²) in [4.78, 5) is 17.0. The fourth-order valence-corrected chi connectivity index (χ4v) is 3.35. The third-order valence-corrected chi connectivity index (χ3v) is 4.88. The topological polar surface area (TPSA) is 80.0 Å². The highest BCUT2D eigenvalue weighted by Crippen LogP contribution is 2.28. The van der Waals surface area contributed by atoms with Crippen LogP contribution in [0.4, 0.5) is 5.69 Å². The van der Waals surface area contributed by atoms with Gasteiger partial charge in [0.25, 0.3) is 5.69 Å². The van der Waals surface area contributed by atoms with Gasteiger partial charge in [0.05, 0.1) is 12.0 Å². The van der Waals surface area contributed by atoms with Crippen molar-refractivity contribution in [3.05, 3.63) is 69.8 Å². The summed E-state index contributed by atoms with van der Waals surface area (Å²) in [5.41, 5.74) is 2.39. The largest absolute Gasteiger partial charge is 0.497 e. The third kappa shape index (κ3) is 5.34. The first-order chi connectivity index (χ1) is 13.1. The van der Waals surface area contributed by atoms with Gasteiger partial charge in [0.15, 0.2) is 5.96 Å². The lowest BCUT2D eigenvalue weighted by molar-refractivity contribution is -0.384. The predicted octanol–water partition coefficient (Wildman–Crippen LogP) is 3.79. The summed E-state index contributed by atoms with van der Waals surface area (Å²) in [6, 6.07) is 14.8. The summed E-state index contributed by atoms with van der Waals surface area (Å²) in [6.07, 6.45) is 1.07. The summed E-state index contributed by atoms with van der Waals surface area (Å²) < 4.78 is 5.23. The number of guanidine groups is 1. The Balaban J connectivity index is 0.00000280. The Morgan fingerprint density at radius 3 is 2.50 bits per heavy atom. The zero-order chi connectivity index (χ0) is 19.2. The van der Waals surface area contributed by atoms with E-state index in [1.807, 2.05) is 12.1 Å². The van der Waals surface area contributed by atoms with E-state index in [0.717, 1.165) is 36.8 Å². The van der Waals surface area contributed by atoms with Crippen LogP contribution in [0, 0.1) is 10.1 Å². The van der Waals surface area contributed by atoms with Gasteiger partial charge in [-0.2, -0.15) is 0 Å². The van der Waals surface area contributed by atoms with Gasteiger partial charge < -0.3 is 15.0 Å². The van der Waals surface area contributed by atoms with Gasteiger partial charge in [-0.15, -0.1) is 24.0 Å². The predicted molar refractivity (Wildman–Crippen MR) is 121 cm³/mol. The van der Waals surface area contributed by atoms with Crippen LogP contribution in [0.3, 0.4) is 0 Å². The maximum Gasteiger partial charge on any atom is 0.269 e. The summed E-state index contributed by atoms with van der Waals surface area (Å²) in [5.74, 6) is 2.19. The number of nitrogens with one attached hydrogen (secondary N) is 1. The molecular weight excluding hydrogens is 471 g/mol. The number of non-ortho nitro benzene ring substituents is 1. The standard InChI is InChI=1S/C20H24N4O3.HI/c1-21-20(22-13-15-3-7-18(8-4-15)24(25)26)23-12-11-17(14-23)16-5-9-19(27-2)10-6-16;/h3-10,17H,11-14H2,1-2H3,(H,21,22);1H. The van der Waals surface area contributed by atoms with Crippen LogP contribution in [0.25, 0.3) is 0 Å². The monoisotopic (exact) mass is 496 g/mol. The molecular formula is C20H25IN4O3. The molecule has 1 unspecified atom stereocenters. The highest BCUT2D eigenvalue weighted by atomic mass is 127. The average Bonchev–Trinajstić information content (AvgIpc) is 3.19. The molecule has 28 heavy (non-hydrogen) atoms. The zero-order valence-corrected chi connectivity index (χ0v) is 18.3. The number of aliphatic imine (C=N–C) groups is 1. The van der Waals surface area contributed by atoms with Crippen molar-refractivity contribution in [3.8, 4) is 5.75 Å². The molecule has 1 atom stereocenters. The normalized spacial score (nSPS) is 16.4. The number of benzene rings is 2. The van der Waals surface area contributed by atoms with Crippen molar-refractivity contribution in [2.24, 2.45) is 4.99 Å². The molecule has 0 aliphatic carbocycles. The summed E-state index contributed by atoms with van der Waals surface area (Å²) in [5, 5.41) is 14.1. The molecule has 0 aromatic heterocycles. The highest BCUT2D eigenvalue weighted by Gasteiger charge is 2.26. The van der Waals surface area contributed by atoms with Gasteiger partial charge in [-0.05, 0) is 29.7 Å². The summed E-state index contributed by atoms with van der Waals surface area (Å²) in [7, 11) is 3.45. The zero-order valence-electron chi connectivity index (χ0n) is 16.0. The van der Waals surface area contributed by atoms with Crippen molar-refractivity contribution in [3.63, 3.8) is 0 Å². The number of rotatable bonds is 5. The van der Waals surface area contributed by atoms with Crippen molar-refractivity contribution in [1.29, 1.82) is 0 Å². The fraction of sp³-hybridized carbons (Fsp3) is 0.350. The molecule has 0 radical (unpaired) electrons. The van der Waals surface area contributed by atoms with E-state index in [2.05, 4.69) is 27.3 Å². The molecule has 1 heterocycles. The maximum absolute atomic E-state index is 10.7. The summed E-state index contributed by atoms with van der Waals surface area (Å²) in [6.45, 7) is 2.43. The van der Waals surface area contributed by atoms with Crippen molar-refractivity contribution >= 4 is 35.6 Å². The number of nitro groups is 1. The van der Waals surface area contributed by atoms with Crippen molar-refractivity contribution in [1.82, 2.24) is 10.2 Å². The van der Waals surface area contributed by atoms with Crippen LogP contribution in [0.15, 0.2) is 53.5 Å². The Kier molecular flexibility index (Phi) is 8.04. The third-order valence-electron chi connectivity index (χ3n) is 4.88. The van der Waals surface area contributed by atoms with E-state index in [4.69, 9.17) is 4.74 Å². The van der Waals surface area contributed by atoms with Crippen LogP contribution in [-0.2, 0) is 6.54 Å². The van der Waals surface area contributed by atoms with E-state index in [-0.39, 0.29) is 34.6 Å². The lowest BCUT2D eigenvalue weighted by atomic mass is 9.98. The first-order valence-electron chi connectivity index (χ1n) is 8.93. The van der Waals surface area contributed by atoms with Gasteiger partial charge in [0, 0.05) is 44.7 Å². The molecule has 2 aromatic rings. The van der Waals surface area contributed by atoms with Gasteiger partial charge in [-0.25, -0.2) is 0 Å². The van der Waals surface area contributed by atoms with Crippen LogP contribution in [0.2, 0.25) is 0 Å². The number of nitrogens with zero attached hydrogens (tertiary/aromatic N) is 3. The molecule has 1 aliphatic rings. The number of ether oxygens (including phenoxy) is 1. The van der Waals surface area contributed by atoms with Crippen LogP contribution < -0.4 is 10.1 Å². The van der Waals surface area contributed by atoms with Crippen LogP contribution >= 0.6 is 24.0 Å². The van der Waals surface area contributed by atoms with E-state index in [9.17, 15) is 10.1 Å². The van der Waals surface area contributed by atoms with Gasteiger partial charge in [0.1, 0.15) is 5.75 Å². The molecule has 0 bridgehead atoms. The van der Waals surface area contributed by atoms with Crippen molar-refractivity contribution in [2.75, 3.05) is 27.2 Å². The van der Waals surface area contributed by atoms with E-state index in [1.54, 1.807) is 26.3 Å². The van der Waals surface area contributed by atoms with Crippen molar-refractivity contribution < 1.29 is 9.66 Å². The molecule has 0 spiro atoms. The minimum atomic E-state index is -0.389. The smallest absolute Gasteiger partial charge is 0.269 e. The average molecular weight is 496 g/mol. The molecule has 1 saturated heterocycles. The molecule has 1 N–H and O–H groups in total. The van der Waals surface area contributed by atoms with Crippen LogP contribution in [0.1, 0.15) is 23.5 Å². The lowest BCUT2D eigenvalue weighted by Crippen LogP contribution is -2.39. The molecule has 8 heteroatoms. The highest BCUT2D eigenvalue weighted by molar-refractivity contribution is 14.0. The molecule has 2 aromatic carbocycles. The number of nitro benzene ring substituents is 1. The second kappa shape index (κ2) is 10.3. The molecule has 7 nitrogen and oxygen atoms in total. The minimum Gasteiger partial charge on any atom is -0.497 e. The van der Waals surface area contributed by atoms with Crippen LogP contribution in [-0.4, -0.2) is 43.0 Å². The Morgan fingerprint density at radius 2 is 1.93 bits per heavy atom. The Labute approximate surface area is 182 Å². The quantitative estimate of drug-likeness (QED) is 0.224. The van der Waals surface area contributed by atoms with Crippen molar-refractivity contribution in [2.45, 2.75) is 18.9 Å². The first kappa shape index (κ1) is 21.9. The van der Waals surface area contributed by atoms with E-state index >= 15 is 0 Å². The van der Waals surface area contributed by atoms with E-state index in [0.29, 0.717) is 12.5 Å². The molecule has 150 valence electrons. The fourth-order valence-electron chi connectivity index (χ4n) is 3.35. The van der Waals surface area contributed by atoms with Crippen LogP contribution in [0.5, 0.6) is 5.75 Å². The van der Waals surface area contributed by atoms with Gasteiger partial charge >= 0.3 is 0 Å².